The molecule has 1 atom stereocenters. The van der Waals surface area contributed by atoms with Crippen molar-refractivity contribution in [3.63, 3.8) is 0 Å². The summed E-state index contributed by atoms with van der Waals surface area (Å²) in [6.07, 6.45) is 2.79. The number of carbonyl (C=O) groups is 1. The van der Waals surface area contributed by atoms with Crippen molar-refractivity contribution < 1.29 is 9.90 Å². The van der Waals surface area contributed by atoms with Gasteiger partial charge < -0.3 is 20.3 Å². The third-order valence-electron chi connectivity index (χ3n) is 5.55. The lowest BCUT2D eigenvalue weighted by atomic mass is 10.0. The number of hydrogen-bond acceptors (Lipinski definition) is 3. The molecular formula is C26H26ClN3O2. The van der Waals surface area contributed by atoms with Gasteiger partial charge in [-0.2, -0.15) is 0 Å². The minimum Gasteiger partial charge on any atom is -0.508 e. The number of rotatable bonds is 8. The van der Waals surface area contributed by atoms with Gasteiger partial charge in [-0.1, -0.05) is 41.9 Å². The van der Waals surface area contributed by atoms with Crippen LogP contribution in [0.1, 0.15) is 11.1 Å². The van der Waals surface area contributed by atoms with Gasteiger partial charge in [-0.05, 0) is 60.0 Å². The molecule has 0 radical (unpaired) electrons. The Balaban J connectivity index is 1.49. The SMILES string of the molecule is CN(C[C@H](Cc1ccccc1)NC(=O)Cc1c[nH]c2ccc(O)cc12)c1ccc(Cl)cc1. The number of phenols is 1. The minimum absolute atomic E-state index is 0.0559. The van der Waals surface area contributed by atoms with Gasteiger partial charge in [0.1, 0.15) is 5.75 Å². The van der Waals surface area contributed by atoms with Gasteiger partial charge in [-0.15, -0.1) is 0 Å². The number of carbonyl (C=O) groups excluding carboxylic acids is 1. The molecule has 0 spiro atoms. The van der Waals surface area contributed by atoms with Crippen LogP contribution in [0.15, 0.2) is 79.0 Å². The second-order valence-electron chi connectivity index (χ2n) is 8.03. The maximum Gasteiger partial charge on any atom is 0.224 e. The first-order valence-corrected chi connectivity index (χ1v) is 10.9. The molecule has 0 aliphatic carbocycles. The summed E-state index contributed by atoms with van der Waals surface area (Å²) in [5.41, 5.74) is 3.96. The summed E-state index contributed by atoms with van der Waals surface area (Å²) in [6.45, 7) is 0.650. The standard InChI is InChI=1S/C26H26ClN3O2/c1-30(22-9-7-20(27)8-10-22)17-21(13-18-5-3-2-4-6-18)29-26(32)14-19-16-28-25-12-11-23(31)15-24(19)25/h2-12,15-16,21,28,31H,13-14,17H2,1H3,(H,29,32)/t21-/m0/s1. The van der Waals surface area contributed by atoms with Crippen LogP contribution in [-0.2, 0) is 17.6 Å². The van der Waals surface area contributed by atoms with Crippen molar-refractivity contribution in [2.24, 2.45) is 0 Å². The summed E-state index contributed by atoms with van der Waals surface area (Å²) in [7, 11) is 2.01. The van der Waals surface area contributed by atoms with Crippen molar-refractivity contribution in [3.8, 4) is 5.75 Å². The first kappa shape index (κ1) is 21.8. The normalized spacial score (nSPS) is 11.9. The Labute approximate surface area is 192 Å². The summed E-state index contributed by atoms with van der Waals surface area (Å²) < 4.78 is 0. The van der Waals surface area contributed by atoms with Gasteiger partial charge in [-0.25, -0.2) is 0 Å². The second kappa shape index (κ2) is 9.79. The van der Waals surface area contributed by atoms with E-state index < -0.39 is 0 Å². The molecule has 0 saturated carbocycles. The van der Waals surface area contributed by atoms with E-state index in [1.54, 1.807) is 12.1 Å². The number of aromatic amines is 1. The van der Waals surface area contributed by atoms with Crippen LogP contribution in [0, 0.1) is 0 Å². The van der Waals surface area contributed by atoms with Crippen LogP contribution in [0.3, 0.4) is 0 Å². The first-order chi connectivity index (χ1) is 15.5. The number of aromatic nitrogens is 1. The van der Waals surface area contributed by atoms with Gasteiger partial charge in [0.05, 0.1) is 12.5 Å². The Morgan fingerprint density at radius 2 is 1.84 bits per heavy atom. The predicted molar refractivity (Wildman–Crippen MR) is 130 cm³/mol. The zero-order chi connectivity index (χ0) is 22.5. The molecule has 0 saturated heterocycles. The summed E-state index contributed by atoms with van der Waals surface area (Å²) in [4.78, 5) is 18.3. The van der Waals surface area contributed by atoms with Crippen LogP contribution in [0.2, 0.25) is 5.02 Å². The number of amides is 1. The van der Waals surface area contributed by atoms with E-state index in [-0.39, 0.29) is 24.1 Å². The van der Waals surface area contributed by atoms with E-state index in [9.17, 15) is 9.90 Å². The summed E-state index contributed by atoms with van der Waals surface area (Å²) >= 11 is 6.02. The van der Waals surface area contributed by atoms with Crippen LogP contribution in [0.5, 0.6) is 5.75 Å². The molecule has 0 aliphatic heterocycles. The van der Waals surface area contributed by atoms with Crippen molar-refractivity contribution in [3.05, 3.63) is 95.1 Å². The molecule has 0 fully saturated rings. The van der Waals surface area contributed by atoms with Crippen molar-refractivity contribution >= 4 is 34.1 Å². The van der Waals surface area contributed by atoms with Crippen LogP contribution < -0.4 is 10.2 Å². The molecule has 4 rings (SSSR count). The van der Waals surface area contributed by atoms with Gasteiger partial charge in [0, 0.05) is 41.4 Å². The lowest BCUT2D eigenvalue weighted by Crippen LogP contribution is -2.44. The Morgan fingerprint density at radius 3 is 2.59 bits per heavy atom. The number of hydrogen-bond donors (Lipinski definition) is 3. The highest BCUT2D eigenvalue weighted by Gasteiger charge is 2.17. The molecule has 0 aliphatic rings. The Kier molecular flexibility index (Phi) is 6.66. The molecule has 32 heavy (non-hydrogen) atoms. The Morgan fingerprint density at radius 1 is 1.09 bits per heavy atom. The molecule has 1 heterocycles. The molecule has 0 unspecified atom stereocenters. The number of aromatic hydroxyl groups is 1. The highest BCUT2D eigenvalue weighted by molar-refractivity contribution is 6.30. The topological polar surface area (TPSA) is 68.4 Å². The molecule has 3 aromatic carbocycles. The molecule has 1 aromatic heterocycles. The zero-order valence-corrected chi connectivity index (χ0v) is 18.6. The van der Waals surface area contributed by atoms with E-state index in [1.165, 1.54) is 5.56 Å². The lowest BCUT2D eigenvalue weighted by Gasteiger charge is -2.27. The predicted octanol–water partition coefficient (Wildman–Crippen LogP) is 4.93. The number of likely N-dealkylation sites (N-methyl/N-ethyl adjacent to an activating group) is 1. The van der Waals surface area contributed by atoms with Gasteiger partial charge in [0.25, 0.3) is 0 Å². The van der Waals surface area contributed by atoms with Crippen LogP contribution in [0.4, 0.5) is 5.69 Å². The number of benzene rings is 3. The van der Waals surface area contributed by atoms with Crippen LogP contribution in [0.25, 0.3) is 10.9 Å². The zero-order valence-electron chi connectivity index (χ0n) is 17.9. The highest BCUT2D eigenvalue weighted by Crippen LogP contribution is 2.23. The van der Waals surface area contributed by atoms with Crippen molar-refractivity contribution in [1.82, 2.24) is 10.3 Å². The number of phenolic OH excluding ortho intramolecular Hbond substituents is 1. The molecule has 3 N–H and O–H groups in total. The molecule has 1 amide bonds. The third kappa shape index (κ3) is 5.42. The summed E-state index contributed by atoms with van der Waals surface area (Å²) in [5.74, 6) is 0.130. The summed E-state index contributed by atoms with van der Waals surface area (Å²) in [6, 6.07) is 22.9. The fraction of sp³-hybridized carbons (Fsp3) is 0.192. The average molecular weight is 448 g/mol. The van der Waals surface area contributed by atoms with Gasteiger partial charge in [0.15, 0.2) is 0 Å². The Hall–Kier alpha value is -3.44. The van der Waals surface area contributed by atoms with Crippen LogP contribution in [-0.4, -0.2) is 35.6 Å². The van der Waals surface area contributed by atoms with Gasteiger partial charge in [0.2, 0.25) is 5.91 Å². The molecular weight excluding hydrogens is 422 g/mol. The molecule has 6 heteroatoms. The molecule has 4 aromatic rings. The fourth-order valence-electron chi connectivity index (χ4n) is 3.96. The summed E-state index contributed by atoms with van der Waals surface area (Å²) in [5, 5.41) is 14.6. The number of H-pyrrole nitrogens is 1. The van der Waals surface area contributed by atoms with Crippen molar-refractivity contribution in [2.75, 3.05) is 18.5 Å². The quantitative estimate of drug-likeness (QED) is 0.358. The molecule has 5 nitrogen and oxygen atoms in total. The monoisotopic (exact) mass is 447 g/mol. The van der Waals surface area contributed by atoms with E-state index in [0.717, 1.165) is 28.6 Å². The first-order valence-electron chi connectivity index (χ1n) is 10.6. The maximum absolute atomic E-state index is 13.0. The fourth-order valence-corrected chi connectivity index (χ4v) is 4.08. The van der Waals surface area contributed by atoms with E-state index in [0.29, 0.717) is 11.6 Å². The van der Waals surface area contributed by atoms with Crippen LogP contribution >= 0.6 is 11.6 Å². The number of nitrogens with one attached hydrogen (secondary N) is 2. The number of fused-ring (bicyclic) bond motifs is 1. The Bertz CT molecular complexity index is 1190. The number of nitrogens with zero attached hydrogens (tertiary/aromatic N) is 1. The third-order valence-corrected chi connectivity index (χ3v) is 5.81. The number of halogens is 1. The maximum atomic E-state index is 13.0. The molecule has 0 bridgehead atoms. The smallest absolute Gasteiger partial charge is 0.224 e. The molecule has 164 valence electrons. The van der Waals surface area contributed by atoms with E-state index in [4.69, 9.17) is 11.6 Å². The van der Waals surface area contributed by atoms with Crippen molar-refractivity contribution in [1.29, 1.82) is 0 Å². The van der Waals surface area contributed by atoms with Gasteiger partial charge >= 0.3 is 0 Å². The minimum atomic E-state index is -0.0795. The number of anilines is 1. The van der Waals surface area contributed by atoms with Gasteiger partial charge in [-0.3, -0.25) is 4.79 Å². The van der Waals surface area contributed by atoms with E-state index >= 15 is 0 Å². The van der Waals surface area contributed by atoms with E-state index in [1.807, 2.05) is 61.8 Å². The van der Waals surface area contributed by atoms with E-state index in [2.05, 4.69) is 27.3 Å². The highest BCUT2D eigenvalue weighted by atomic mass is 35.5. The lowest BCUT2D eigenvalue weighted by molar-refractivity contribution is -0.121. The van der Waals surface area contributed by atoms with Crippen molar-refractivity contribution in [2.45, 2.75) is 18.9 Å². The largest absolute Gasteiger partial charge is 0.508 e. The second-order valence-corrected chi connectivity index (χ2v) is 8.47. The average Bonchev–Trinajstić information content (AvgIpc) is 3.16.